The molecule has 0 aromatic carbocycles. The van der Waals surface area contributed by atoms with Crippen LogP contribution in [0.2, 0.25) is 0 Å². The van der Waals surface area contributed by atoms with Gasteiger partial charge in [-0.25, -0.2) is 0 Å². The molecule has 8 heteroatoms. The molecule has 2 aromatic rings. The van der Waals surface area contributed by atoms with E-state index < -0.39 is 30.2 Å². The number of aromatic nitrogens is 3. The van der Waals surface area contributed by atoms with Gasteiger partial charge in [-0.2, -0.15) is 18.2 Å². The van der Waals surface area contributed by atoms with Crippen molar-refractivity contribution < 1.29 is 22.4 Å². The Labute approximate surface area is 136 Å². The zero-order valence-electron chi connectivity index (χ0n) is 13.0. The quantitative estimate of drug-likeness (QED) is 0.856. The van der Waals surface area contributed by atoms with Crippen LogP contribution < -0.4 is 0 Å². The summed E-state index contributed by atoms with van der Waals surface area (Å²) >= 11 is 0. The average molecular weight is 339 g/mol. The molecule has 2 bridgehead atoms. The summed E-state index contributed by atoms with van der Waals surface area (Å²) in [5.41, 5.74) is 1.46. The summed E-state index contributed by atoms with van der Waals surface area (Å²) < 4.78 is 50.9. The highest BCUT2D eigenvalue weighted by Crippen LogP contribution is 2.54. The zero-order valence-corrected chi connectivity index (χ0v) is 13.0. The van der Waals surface area contributed by atoms with E-state index in [2.05, 4.69) is 15.1 Å². The van der Waals surface area contributed by atoms with Crippen molar-refractivity contribution >= 4 is 0 Å². The van der Waals surface area contributed by atoms with E-state index in [1.165, 1.54) is 0 Å². The molecule has 0 spiro atoms. The van der Waals surface area contributed by atoms with Crippen LogP contribution in [-0.4, -0.2) is 33.5 Å². The number of hydrogen-bond donors (Lipinski definition) is 0. The van der Waals surface area contributed by atoms with Gasteiger partial charge >= 0.3 is 6.18 Å². The number of alkyl halides is 3. The van der Waals surface area contributed by atoms with Gasteiger partial charge < -0.3 is 9.26 Å². The summed E-state index contributed by atoms with van der Waals surface area (Å²) in [6.07, 6.45) is -2.34. The Morgan fingerprint density at radius 1 is 1.25 bits per heavy atom. The largest absolute Gasteiger partial charge is 0.395 e. The van der Waals surface area contributed by atoms with Gasteiger partial charge in [-0.05, 0) is 30.9 Å². The Morgan fingerprint density at radius 2 is 2.04 bits per heavy atom. The molecule has 4 atom stereocenters. The van der Waals surface area contributed by atoms with Crippen LogP contribution in [-0.2, 0) is 11.2 Å². The van der Waals surface area contributed by atoms with Crippen molar-refractivity contribution in [1.29, 1.82) is 0 Å². The molecule has 4 unspecified atom stereocenters. The van der Waals surface area contributed by atoms with Crippen LogP contribution in [0, 0.1) is 5.92 Å². The summed E-state index contributed by atoms with van der Waals surface area (Å²) in [6, 6.07) is 3.68. The van der Waals surface area contributed by atoms with Crippen LogP contribution in [0.3, 0.4) is 0 Å². The first kappa shape index (κ1) is 15.6. The van der Waals surface area contributed by atoms with E-state index >= 15 is 0 Å². The van der Waals surface area contributed by atoms with Gasteiger partial charge in [-0.15, -0.1) is 0 Å². The van der Waals surface area contributed by atoms with Crippen LogP contribution in [0.25, 0.3) is 11.5 Å². The van der Waals surface area contributed by atoms with Gasteiger partial charge in [0.05, 0.1) is 24.0 Å². The predicted molar refractivity (Wildman–Crippen MR) is 77.1 cm³/mol. The topological polar surface area (TPSA) is 61.0 Å². The van der Waals surface area contributed by atoms with Crippen LogP contribution in [0.15, 0.2) is 22.9 Å². The molecule has 128 valence electrons. The number of hydrogen-bond acceptors (Lipinski definition) is 5. The van der Waals surface area contributed by atoms with Gasteiger partial charge in [0.25, 0.3) is 0 Å². The van der Waals surface area contributed by atoms with Gasteiger partial charge in [0.2, 0.25) is 11.7 Å². The number of ether oxygens (including phenoxy) is 1. The molecular weight excluding hydrogens is 323 g/mol. The van der Waals surface area contributed by atoms with Gasteiger partial charge in [0, 0.05) is 6.20 Å². The molecule has 4 heterocycles. The minimum absolute atomic E-state index is 0.00719. The molecule has 24 heavy (non-hydrogen) atoms. The lowest BCUT2D eigenvalue weighted by Crippen LogP contribution is -2.37. The minimum Gasteiger partial charge on any atom is -0.373 e. The molecular formula is C16H16F3N3O2. The maximum Gasteiger partial charge on any atom is 0.395 e. The molecule has 0 N–H and O–H groups in total. The number of rotatable bonds is 3. The SMILES string of the molecule is CCc1cccnc1-c1noc(C2C3CCC(O3)C2C(F)(F)F)n1. The van der Waals surface area contributed by atoms with Crippen LogP contribution in [0.1, 0.15) is 37.1 Å². The predicted octanol–water partition coefficient (Wildman–Crippen LogP) is 3.52. The third kappa shape index (κ3) is 2.40. The van der Waals surface area contributed by atoms with Gasteiger partial charge in [-0.3, -0.25) is 4.98 Å². The van der Waals surface area contributed by atoms with Crippen molar-refractivity contribution in [2.75, 3.05) is 0 Å². The molecule has 2 aliphatic heterocycles. The molecule has 5 nitrogen and oxygen atoms in total. The molecule has 2 aliphatic rings. The highest BCUT2D eigenvalue weighted by Gasteiger charge is 2.62. The monoisotopic (exact) mass is 339 g/mol. The smallest absolute Gasteiger partial charge is 0.373 e. The first-order valence-corrected chi connectivity index (χ1v) is 7.99. The molecule has 0 aliphatic carbocycles. The molecule has 2 saturated heterocycles. The lowest BCUT2D eigenvalue weighted by atomic mass is 9.78. The highest BCUT2D eigenvalue weighted by atomic mass is 19.4. The fraction of sp³-hybridized carbons (Fsp3) is 0.562. The van der Waals surface area contributed by atoms with Crippen LogP contribution in [0.4, 0.5) is 13.2 Å². The first-order valence-electron chi connectivity index (χ1n) is 7.99. The van der Waals surface area contributed by atoms with Crippen molar-refractivity contribution in [1.82, 2.24) is 15.1 Å². The van der Waals surface area contributed by atoms with E-state index in [0.717, 1.165) is 12.0 Å². The van der Waals surface area contributed by atoms with Crippen molar-refractivity contribution in [3.05, 3.63) is 29.8 Å². The Bertz CT molecular complexity index is 746. The van der Waals surface area contributed by atoms with E-state index in [4.69, 9.17) is 9.26 Å². The maximum atomic E-state index is 13.4. The lowest BCUT2D eigenvalue weighted by molar-refractivity contribution is -0.190. The molecule has 0 radical (unpaired) electrons. The fourth-order valence-corrected chi connectivity index (χ4v) is 3.80. The Morgan fingerprint density at radius 3 is 2.79 bits per heavy atom. The Kier molecular flexibility index (Phi) is 3.59. The third-order valence-corrected chi connectivity index (χ3v) is 4.86. The maximum absolute atomic E-state index is 13.4. The second-order valence-electron chi connectivity index (χ2n) is 6.20. The molecule has 2 fully saturated rings. The minimum atomic E-state index is -4.35. The number of fused-ring (bicyclic) bond motifs is 2. The van der Waals surface area contributed by atoms with E-state index in [9.17, 15) is 13.2 Å². The summed E-state index contributed by atoms with van der Waals surface area (Å²) in [7, 11) is 0. The number of nitrogens with zero attached hydrogens (tertiary/aromatic N) is 3. The zero-order chi connectivity index (χ0) is 16.9. The van der Waals surface area contributed by atoms with E-state index in [-0.39, 0.29) is 11.7 Å². The van der Waals surface area contributed by atoms with Crippen LogP contribution in [0.5, 0.6) is 0 Å². The fourth-order valence-electron chi connectivity index (χ4n) is 3.80. The molecule has 0 saturated carbocycles. The number of aryl methyl sites for hydroxylation is 1. The number of halogens is 3. The van der Waals surface area contributed by atoms with Gasteiger partial charge in [-0.1, -0.05) is 18.1 Å². The van der Waals surface area contributed by atoms with Gasteiger partial charge in [0.1, 0.15) is 5.69 Å². The second-order valence-corrected chi connectivity index (χ2v) is 6.20. The summed E-state index contributed by atoms with van der Waals surface area (Å²) in [6.45, 7) is 1.96. The van der Waals surface area contributed by atoms with E-state index in [0.29, 0.717) is 18.5 Å². The van der Waals surface area contributed by atoms with Crippen LogP contribution >= 0.6 is 0 Å². The Hall–Kier alpha value is -1.96. The normalized spacial score (nSPS) is 29.3. The van der Waals surface area contributed by atoms with Crippen molar-refractivity contribution in [3.8, 4) is 11.5 Å². The van der Waals surface area contributed by atoms with Crippen molar-refractivity contribution in [2.45, 2.75) is 50.5 Å². The van der Waals surface area contributed by atoms with Crippen molar-refractivity contribution in [2.24, 2.45) is 5.92 Å². The molecule has 4 rings (SSSR count). The third-order valence-electron chi connectivity index (χ3n) is 4.86. The summed E-state index contributed by atoms with van der Waals surface area (Å²) in [5.74, 6) is -2.30. The summed E-state index contributed by atoms with van der Waals surface area (Å²) in [4.78, 5) is 8.47. The molecule has 2 aromatic heterocycles. The Balaban J connectivity index is 1.70. The van der Waals surface area contributed by atoms with Gasteiger partial charge in [0.15, 0.2) is 0 Å². The summed E-state index contributed by atoms with van der Waals surface area (Å²) in [5, 5.41) is 3.87. The van der Waals surface area contributed by atoms with Crippen molar-refractivity contribution in [3.63, 3.8) is 0 Å². The lowest BCUT2D eigenvalue weighted by Gasteiger charge is -2.27. The van der Waals surface area contributed by atoms with E-state index in [1.54, 1.807) is 12.3 Å². The second kappa shape index (κ2) is 5.54. The molecule has 0 amide bonds. The first-order chi connectivity index (χ1) is 11.5. The average Bonchev–Trinajstić information content (AvgIpc) is 3.28. The van der Waals surface area contributed by atoms with E-state index in [1.807, 2.05) is 13.0 Å². The number of pyridine rings is 1. The highest BCUT2D eigenvalue weighted by molar-refractivity contribution is 5.53. The standard InChI is InChI=1S/C16H16F3N3O2/c1-2-8-4-3-7-20-13(8)14-21-15(24-22-14)11-9-5-6-10(23-9)12(11)16(17,18)19/h3-4,7,9-12H,2,5-6H2,1H3.